The first kappa shape index (κ1) is 14.2. The number of rotatable bonds is 3. The zero-order valence-electron chi connectivity index (χ0n) is 13.2. The summed E-state index contributed by atoms with van der Waals surface area (Å²) in [5.74, 6) is 0.428. The van der Waals surface area contributed by atoms with Crippen LogP contribution in [0.5, 0.6) is 0 Å². The molecule has 0 bridgehead atoms. The molecule has 2 aromatic rings. The van der Waals surface area contributed by atoms with E-state index in [0.29, 0.717) is 11.5 Å². The number of carbonyl (C=O) groups is 1. The number of aromatic nitrogens is 1. The van der Waals surface area contributed by atoms with Gasteiger partial charge in [-0.05, 0) is 44.2 Å². The third kappa shape index (κ3) is 2.19. The van der Waals surface area contributed by atoms with Crippen molar-refractivity contribution in [2.45, 2.75) is 43.6 Å². The summed E-state index contributed by atoms with van der Waals surface area (Å²) < 4.78 is 0. The minimum Gasteiger partial charge on any atom is -0.323 e. The van der Waals surface area contributed by atoms with E-state index in [4.69, 9.17) is 4.98 Å². The highest BCUT2D eigenvalue weighted by Crippen LogP contribution is 2.41. The van der Waals surface area contributed by atoms with Gasteiger partial charge in [0.25, 0.3) is 5.91 Å². The average molecular weight is 305 g/mol. The van der Waals surface area contributed by atoms with Crippen molar-refractivity contribution in [3.8, 4) is 6.07 Å². The summed E-state index contributed by atoms with van der Waals surface area (Å²) in [7, 11) is 1.76. The third-order valence-corrected chi connectivity index (χ3v) is 5.30. The molecule has 0 radical (unpaired) electrons. The Kier molecular flexibility index (Phi) is 3.12. The number of benzene rings is 1. The number of nitriles is 1. The van der Waals surface area contributed by atoms with Crippen molar-refractivity contribution in [1.29, 1.82) is 5.26 Å². The smallest absolute Gasteiger partial charge is 0.255 e. The van der Waals surface area contributed by atoms with E-state index in [0.717, 1.165) is 48.7 Å². The molecule has 0 N–H and O–H groups in total. The van der Waals surface area contributed by atoms with Crippen LogP contribution in [0.15, 0.2) is 30.3 Å². The molecule has 4 nitrogen and oxygen atoms in total. The summed E-state index contributed by atoms with van der Waals surface area (Å²) in [6, 6.07) is 12.1. The molecular weight excluding hydrogens is 286 g/mol. The fourth-order valence-corrected chi connectivity index (χ4v) is 3.37. The summed E-state index contributed by atoms with van der Waals surface area (Å²) in [4.78, 5) is 19.5. The monoisotopic (exact) mass is 305 g/mol. The average Bonchev–Trinajstić information content (AvgIpc) is 3.37. The van der Waals surface area contributed by atoms with E-state index < -0.39 is 5.54 Å². The van der Waals surface area contributed by atoms with E-state index >= 15 is 0 Å². The van der Waals surface area contributed by atoms with Crippen molar-refractivity contribution in [2.75, 3.05) is 7.05 Å². The SMILES string of the molecule is CN(C(=O)c1cc(C2CC2)nc2ccccc12)C1(C#N)CCC1. The Morgan fingerprint density at radius 1 is 1.35 bits per heavy atom. The number of carbonyl (C=O) groups excluding carboxylic acids is 1. The van der Waals surface area contributed by atoms with Gasteiger partial charge in [-0.3, -0.25) is 9.78 Å². The predicted octanol–water partition coefficient (Wildman–Crippen LogP) is 3.63. The van der Waals surface area contributed by atoms with Crippen molar-refractivity contribution >= 4 is 16.8 Å². The van der Waals surface area contributed by atoms with Gasteiger partial charge in [0, 0.05) is 24.0 Å². The highest BCUT2D eigenvalue weighted by Gasteiger charge is 2.44. The standard InChI is InChI=1S/C19H19N3O/c1-22(19(12-20)9-4-10-19)18(23)15-11-17(13-7-8-13)21-16-6-3-2-5-14(15)16/h2-3,5-6,11,13H,4,7-10H2,1H3. The van der Waals surface area contributed by atoms with Crippen molar-refractivity contribution in [2.24, 2.45) is 0 Å². The lowest BCUT2D eigenvalue weighted by Crippen LogP contribution is -2.53. The molecule has 1 aromatic heterocycles. The predicted molar refractivity (Wildman–Crippen MR) is 88.0 cm³/mol. The minimum absolute atomic E-state index is 0.0632. The zero-order chi connectivity index (χ0) is 16.0. The molecule has 1 aromatic carbocycles. The molecule has 2 saturated carbocycles. The number of amides is 1. The van der Waals surface area contributed by atoms with Crippen LogP contribution >= 0.6 is 0 Å². The van der Waals surface area contributed by atoms with Crippen molar-refractivity contribution in [3.05, 3.63) is 41.6 Å². The molecule has 0 spiro atoms. The molecule has 0 unspecified atom stereocenters. The van der Waals surface area contributed by atoms with E-state index in [9.17, 15) is 10.1 Å². The third-order valence-electron chi connectivity index (χ3n) is 5.30. The lowest BCUT2D eigenvalue weighted by atomic mass is 9.76. The quantitative estimate of drug-likeness (QED) is 0.870. The molecule has 23 heavy (non-hydrogen) atoms. The topological polar surface area (TPSA) is 57.0 Å². The van der Waals surface area contributed by atoms with Gasteiger partial charge in [-0.2, -0.15) is 5.26 Å². The van der Waals surface area contributed by atoms with Gasteiger partial charge in [0.1, 0.15) is 5.54 Å². The van der Waals surface area contributed by atoms with Gasteiger partial charge in [0.15, 0.2) is 0 Å². The maximum atomic E-state index is 13.1. The number of nitrogens with zero attached hydrogens (tertiary/aromatic N) is 3. The van der Waals surface area contributed by atoms with Crippen molar-refractivity contribution in [3.63, 3.8) is 0 Å². The van der Waals surface area contributed by atoms with Crippen LogP contribution in [0.1, 0.15) is 54.1 Å². The van der Waals surface area contributed by atoms with Crippen LogP contribution in [0.4, 0.5) is 0 Å². The van der Waals surface area contributed by atoms with E-state index in [1.807, 2.05) is 30.3 Å². The fourth-order valence-electron chi connectivity index (χ4n) is 3.37. The van der Waals surface area contributed by atoms with Crippen LogP contribution in [0.2, 0.25) is 0 Å². The Balaban J connectivity index is 1.81. The first-order chi connectivity index (χ1) is 11.1. The van der Waals surface area contributed by atoms with E-state index in [1.54, 1.807) is 11.9 Å². The molecular formula is C19H19N3O. The first-order valence-corrected chi connectivity index (χ1v) is 8.24. The van der Waals surface area contributed by atoms with Crippen LogP contribution in [0, 0.1) is 11.3 Å². The Labute approximate surface area is 135 Å². The van der Waals surface area contributed by atoms with Crippen LogP contribution < -0.4 is 0 Å². The van der Waals surface area contributed by atoms with Crippen molar-refractivity contribution in [1.82, 2.24) is 9.88 Å². The molecule has 0 saturated heterocycles. The summed E-state index contributed by atoms with van der Waals surface area (Å²) in [6.45, 7) is 0. The van der Waals surface area contributed by atoms with Gasteiger partial charge in [-0.1, -0.05) is 18.2 Å². The molecule has 1 heterocycles. The lowest BCUT2D eigenvalue weighted by Gasteiger charge is -2.43. The molecule has 116 valence electrons. The molecule has 0 aliphatic heterocycles. The van der Waals surface area contributed by atoms with E-state index in [-0.39, 0.29) is 5.91 Å². The summed E-state index contributed by atoms with van der Waals surface area (Å²) in [6.07, 6.45) is 4.85. The maximum absolute atomic E-state index is 13.1. The second kappa shape index (κ2) is 5.06. The second-order valence-corrected chi connectivity index (χ2v) is 6.75. The molecule has 2 aliphatic rings. The number of hydrogen-bond donors (Lipinski definition) is 0. The number of para-hydroxylation sites is 1. The van der Waals surface area contributed by atoms with E-state index in [2.05, 4.69) is 6.07 Å². The highest BCUT2D eigenvalue weighted by molar-refractivity contribution is 6.06. The minimum atomic E-state index is -0.624. The molecule has 2 aliphatic carbocycles. The van der Waals surface area contributed by atoms with Gasteiger partial charge >= 0.3 is 0 Å². The van der Waals surface area contributed by atoms with Crippen LogP contribution in [0.25, 0.3) is 10.9 Å². The highest BCUT2D eigenvalue weighted by atomic mass is 16.2. The first-order valence-electron chi connectivity index (χ1n) is 8.24. The molecule has 0 atom stereocenters. The molecule has 4 rings (SSSR count). The lowest BCUT2D eigenvalue weighted by molar-refractivity contribution is 0.0499. The van der Waals surface area contributed by atoms with Gasteiger partial charge in [-0.15, -0.1) is 0 Å². The molecule has 2 fully saturated rings. The van der Waals surface area contributed by atoms with Gasteiger partial charge < -0.3 is 4.90 Å². The number of pyridine rings is 1. The number of hydrogen-bond acceptors (Lipinski definition) is 3. The number of fused-ring (bicyclic) bond motifs is 1. The van der Waals surface area contributed by atoms with Gasteiger partial charge in [0.2, 0.25) is 0 Å². The molecule has 4 heteroatoms. The molecule has 1 amide bonds. The fraction of sp³-hybridized carbons (Fsp3) is 0.421. The van der Waals surface area contributed by atoms with E-state index in [1.165, 1.54) is 0 Å². The largest absolute Gasteiger partial charge is 0.323 e. The Hall–Kier alpha value is -2.41. The van der Waals surface area contributed by atoms with Crippen LogP contribution in [-0.2, 0) is 0 Å². The second-order valence-electron chi connectivity index (χ2n) is 6.75. The van der Waals surface area contributed by atoms with Gasteiger partial charge in [0.05, 0.1) is 17.1 Å². The normalized spacial score (nSPS) is 19.0. The van der Waals surface area contributed by atoms with Crippen molar-refractivity contribution < 1.29 is 4.79 Å². The van der Waals surface area contributed by atoms with Crippen LogP contribution in [-0.4, -0.2) is 28.4 Å². The maximum Gasteiger partial charge on any atom is 0.255 e. The van der Waals surface area contributed by atoms with Crippen LogP contribution in [0.3, 0.4) is 0 Å². The summed E-state index contributed by atoms with van der Waals surface area (Å²) in [5, 5.41) is 10.4. The zero-order valence-corrected chi connectivity index (χ0v) is 13.2. The summed E-state index contributed by atoms with van der Waals surface area (Å²) in [5.41, 5.74) is 1.94. The summed E-state index contributed by atoms with van der Waals surface area (Å²) >= 11 is 0. The Morgan fingerprint density at radius 3 is 2.70 bits per heavy atom. The Morgan fingerprint density at radius 2 is 2.09 bits per heavy atom. The Bertz CT molecular complexity index is 828. The van der Waals surface area contributed by atoms with Gasteiger partial charge in [-0.25, -0.2) is 0 Å².